The zero-order valence-electron chi connectivity index (χ0n) is 17.4. The fourth-order valence-electron chi connectivity index (χ4n) is 3.27. The van der Waals surface area contributed by atoms with Crippen molar-refractivity contribution in [3.63, 3.8) is 0 Å². The number of nitrogens with zero attached hydrogens (tertiary/aromatic N) is 1. The van der Waals surface area contributed by atoms with E-state index < -0.39 is 0 Å². The molecule has 0 aliphatic carbocycles. The maximum atomic E-state index is 12.8. The lowest BCUT2D eigenvalue weighted by Gasteiger charge is -2.25. The first-order chi connectivity index (χ1) is 15.0. The highest BCUT2D eigenvalue weighted by atomic mass is 35.5. The van der Waals surface area contributed by atoms with Crippen molar-refractivity contribution >= 4 is 46.1 Å². The minimum atomic E-state index is -0.0636. The minimum Gasteiger partial charge on any atom is -0.464 e. The van der Waals surface area contributed by atoms with Gasteiger partial charge in [0.1, 0.15) is 12.1 Å². The molecule has 4 nitrogen and oxygen atoms in total. The Morgan fingerprint density at radius 3 is 2.68 bits per heavy atom. The van der Waals surface area contributed by atoms with Crippen molar-refractivity contribution in [3.05, 3.63) is 94.7 Å². The topological polar surface area (TPSA) is 45.5 Å². The molecule has 1 amide bonds. The molecule has 4 rings (SSSR count). The molecule has 4 aromatic rings. The van der Waals surface area contributed by atoms with Crippen LogP contribution in [0, 0.1) is 13.8 Å². The summed E-state index contributed by atoms with van der Waals surface area (Å²) in [7, 11) is 0. The summed E-state index contributed by atoms with van der Waals surface area (Å²) < 4.78 is 7.36. The summed E-state index contributed by atoms with van der Waals surface area (Å²) in [6, 6.07) is 21.8. The maximum Gasteiger partial charge on any atom is 0.240 e. The number of benzene rings is 3. The number of aryl methyl sites for hydroxylation is 1. The van der Waals surface area contributed by atoms with Crippen molar-refractivity contribution in [2.24, 2.45) is 0 Å². The van der Waals surface area contributed by atoms with E-state index in [0.717, 1.165) is 32.7 Å². The average Bonchev–Trinajstić information content (AvgIpc) is 3.23. The van der Waals surface area contributed by atoms with Crippen molar-refractivity contribution < 1.29 is 9.21 Å². The average molecular weight is 451 g/mol. The highest BCUT2D eigenvalue weighted by molar-refractivity contribution is 8.00. The summed E-state index contributed by atoms with van der Waals surface area (Å²) in [4.78, 5) is 13.9. The second kappa shape index (κ2) is 9.50. The van der Waals surface area contributed by atoms with Gasteiger partial charge in [0.15, 0.2) is 0 Å². The molecule has 0 atom stereocenters. The van der Waals surface area contributed by atoms with Crippen LogP contribution in [0.1, 0.15) is 16.7 Å². The molecule has 0 aliphatic heterocycles. The quantitative estimate of drug-likeness (QED) is 0.325. The minimum absolute atomic E-state index is 0.0636. The van der Waals surface area contributed by atoms with Gasteiger partial charge in [-0.1, -0.05) is 41.4 Å². The summed E-state index contributed by atoms with van der Waals surface area (Å²) in [5.41, 5.74) is 4.93. The van der Waals surface area contributed by atoms with Crippen LogP contribution in [0.2, 0.25) is 5.02 Å². The molecule has 0 aliphatic rings. The molecule has 6 heteroatoms. The fourth-order valence-corrected chi connectivity index (χ4v) is 4.43. The number of furan rings is 1. The highest BCUT2D eigenvalue weighted by Crippen LogP contribution is 2.34. The Labute approximate surface area is 191 Å². The lowest BCUT2D eigenvalue weighted by atomic mass is 10.1. The normalized spacial score (nSPS) is 10.9. The lowest BCUT2D eigenvalue weighted by Crippen LogP contribution is -2.33. The number of carbonyl (C=O) groups is 1. The molecular weight excluding hydrogens is 428 g/mol. The molecule has 0 spiro atoms. The first-order valence-corrected chi connectivity index (χ1v) is 11.1. The van der Waals surface area contributed by atoms with Gasteiger partial charge in [0.2, 0.25) is 5.91 Å². The number of hydrogen-bond donors (Lipinski definition) is 1. The Morgan fingerprint density at radius 2 is 1.87 bits per heavy atom. The van der Waals surface area contributed by atoms with Gasteiger partial charge in [0.05, 0.1) is 12.0 Å². The summed E-state index contributed by atoms with van der Waals surface area (Å²) in [6.45, 7) is 4.69. The molecule has 0 radical (unpaired) electrons. The maximum absolute atomic E-state index is 12.8. The van der Waals surface area contributed by atoms with Crippen molar-refractivity contribution in [3.8, 4) is 0 Å². The van der Waals surface area contributed by atoms with Gasteiger partial charge in [-0.3, -0.25) is 4.79 Å². The second-order valence-electron chi connectivity index (χ2n) is 7.39. The standard InChI is InChI=1S/C25H23ClN2O2S/c1-17-6-9-21(10-7-17)31-28(23-5-3-4-22(26)18(23)2)16-25(29)27-15-19-8-11-24-20(14-19)12-13-30-24/h3-14H,15-16H2,1-2H3,(H,27,29). The summed E-state index contributed by atoms with van der Waals surface area (Å²) in [5, 5.41) is 4.73. The first-order valence-electron chi connectivity index (χ1n) is 10.00. The van der Waals surface area contributed by atoms with Crippen molar-refractivity contribution in [1.29, 1.82) is 0 Å². The van der Waals surface area contributed by atoms with Gasteiger partial charge in [-0.15, -0.1) is 0 Å². The number of fused-ring (bicyclic) bond motifs is 1. The van der Waals surface area contributed by atoms with E-state index >= 15 is 0 Å². The second-order valence-corrected chi connectivity index (χ2v) is 8.90. The number of rotatable bonds is 7. The Balaban J connectivity index is 1.49. The molecule has 158 valence electrons. The zero-order chi connectivity index (χ0) is 21.8. The first kappa shape index (κ1) is 21.3. The van der Waals surface area contributed by atoms with Crippen molar-refractivity contribution in [2.75, 3.05) is 10.8 Å². The summed E-state index contributed by atoms with van der Waals surface area (Å²) in [5.74, 6) is -0.0636. The van der Waals surface area contributed by atoms with Crippen LogP contribution >= 0.6 is 23.5 Å². The van der Waals surface area contributed by atoms with Gasteiger partial charge in [-0.25, -0.2) is 0 Å². The van der Waals surface area contributed by atoms with Crippen LogP contribution < -0.4 is 9.62 Å². The van der Waals surface area contributed by atoms with E-state index in [2.05, 4.69) is 36.5 Å². The Kier molecular flexibility index (Phi) is 6.54. The van der Waals surface area contributed by atoms with Crippen LogP contribution in [-0.2, 0) is 11.3 Å². The third-order valence-corrected chi connectivity index (χ3v) is 6.48. The van der Waals surface area contributed by atoms with Gasteiger partial charge in [-0.2, -0.15) is 0 Å². The third-order valence-electron chi connectivity index (χ3n) is 5.04. The monoisotopic (exact) mass is 450 g/mol. The number of halogens is 1. The van der Waals surface area contributed by atoms with Gasteiger partial charge < -0.3 is 14.0 Å². The van der Waals surface area contributed by atoms with Gasteiger partial charge in [-0.05, 0) is 79.4 Å². The molecule has 0 unspecified atom stereocenters. The lowest BCUT2D eigenvalue weighted by molar-refractivity contribution is -0.119. The molecular formula is C25H23ClN2O2S. The third kappa shape index (κ3) is 5.24. The van der Waals surface area contributed by atoms with E-state index in [1.54, 1.807) is 6.26 Å². The van der Waals surface area contributed by atoms with E-state index in [4.69, 9.17) is 16.0 Å². The molecule has 0 saturated heterocycles. The number of hydrogen-bond acceptors (Lipinski definition) is 4. The largest absolute Gasteiger partial charge is 0.464 e. The zero-order valence-corrected chi connectivity index (χ0v) is 19.0. The van der Waals surface area contributed by atoms with E-state index in [1.807, 2.05) is 53.7 Å². The smallest absolute Gasteiger partial charge is 0.240 e. The Morgan fingerprint density at radius 1 is 1.06 bits per heavy atom. The van der Waals surface area contributed by atoms with Gasteiger partial charge in [0, 0.05) is 21.8 Å². The number of carbonyl (C=O) groups excluding carboxylic acids is 1. The molecule has 31 heavy (non-hydrogen) atoms. The van der Waals surface area contributed by atoms with Crippen LogP contribution in [0.25, 0.3) is 11.0 Å². The van der Waals surface area contributed by atoms with Gasteiger partial charge in [0.25, 0.3) is 0 Å². The summed E-state index contributed by atoms with van der Waals surface area (Å²) >= 11 is 7.88. The molecule has 0 fully saturated rings. The fraction of sp³-hybridized carbons (Fsp3) is 0.160. The molecule has 0 saturated carbocycles. The molecule has 3 aromatic carbocycles. The van der Waals surface area contributed by atoms with E-state index in [-0.39, 0.29) is 12.5 Å². The predicted molar refractivity (Wildman–Crippen MR) is 129 cm³/mol. The van der Waals surface area contributed by atoms with E-state index in [1.165, 1.54) is 17.5 Å². The Hall–Kier alpha value is -2.89. The molecule has 0 bridgehead atoms. The highest BCUT2D eigenvalue weighted by Gasteiger charge is 2.17. The van der Waals surface area contributed by atoms with E-state index in [0.29, 0.717) is 11.6 Å². The van der Waals surface area contributed by atoms with Crippen LogP contribution in [0.4, 0.5) is 5.69 Å². The van der Waals surface area contributed by atoms with E-state index in [9.17, 15) is 4.79 Å². The molecule has 1 heterocycles. The summed E-state index contributed by atoms with van der Waals surface area (Å²) in [6.07, 6.45) is 1.67. The van der Waals surface area contributed by atoms with Crippen molar-refractivity contribution in [1.82, 2.24) is 5.32 Å². The number of anilines is 1. The Bertz CT molecular complexity index is 1200. The van der Waals surface area contributed by atoms with Crippen LogP contribution in [0.3, 0.4) is 0 Å². The molecule has 1 aromatic heterocycles. The molecule has 1 N–H and O–H groups in total. The van der Waals surface area contributed by atoms with Crippen LogP contribution in [0.5, 0.6) is 0 Å². The SMILES string of the molecule is Cc1ccc(SN(CC(=O)NCc2ccc3occc3c2)c2cccc(Cl)c2C)cc1. The number of nitrogens with one attached hydrogen (secondary N) is 1. The van der Waals surface area contributed by atoms with Crippen LogP contribution in [0.15, 0.2) is 82.3 Å². The van der Waals surface area contributed by atoms with Gasteiger partial charge >= 0.3 is 0 Å². The van der Waals surface area contributed by atoms with Crippen molar-refractivity contribution in [2.45, 2.75) is 25.3 Å². The predicted octanol–water partition coefficient (Wildman–Crippen LogP) is 6.53. The van der Waals surface area contributed by atoms with Crippen LogP contribution in [-0.4, -0.2) is 12.5 Å². The number of amides is 1.